The van der Waals surface area contributed by atoms with Gasteiger partial charge in [-0.15, -0.1) is 0 Å². The van der Waals surface area contributed by atoms with Gasteiger partial charge in [0.2, 0.25) is 0 Å². The number of rotatable bonds is 3. The average molecular weight is 417 g/mol. The maximum absolute atomic E-state index is 13.1. The lowest BCUT2D eigenvalue weighted by atomic mass is 10.2. The third-order valence-electron chi connectivity index (χ3n) is 5.31. The number of anilines is 2. The Kier molecular flexibility index (Phi) is 5.23. The number of aromatic nitrogens is 1. The van der Waals surface area contributed by atoms with Crippen molar-refractivity contribution in [3.8, 4) is 0 Å². The molecule has 0 radical (unpaired) electrons. The van der Waals surface area contributed by atoms with Crippen molar-refractivity contribution in [3.05, 3.63) is 58.2 Å². The second-order valence-electron chi connectivity index (χ2n) is 7.14. The highest BCUT2D eigenvalue weighted by molar-refractivity contribution is 6.39. The Hall–Kier alpha value is -2.21. The van der Waals surface area contributed by atoms with Crippen LogP contribution in [0.3, 0.4) is 0 Å². The molecule has 7 heteroatoms. The molecule has 1 aliphatic rings. The van der Waals surface area contributed by atoms with E-state index in [0.717, 1.165) is 42.8 Å². The Labute approximate surface area is 174 Å². The summed E-state index contributed by atoms with van der Waals surface area (Å²) in [7, 11) is 3.96. The number of para-hydroxylation sites is 1. The van der Waals surface area contributed by atoms with E-state index in [-0.39, 0.29) is 5.91 Å². The van der Waals surface area contributed by atoms with E-state index in [4.69, 9.17) is 23.2 Å². The molecule has 1 aromatic heterocycles. The highest BCUT2D eigenvalue weighted by Gasteiger charge is 2.23. The summed E-state index contributed by atoms with van der Waals surface area (Å²) in [6, 6.07) is 13.3. The van der Waals surface area contributed by atoms with Crippen LogP contribution in [0.25, 0.3) is 10.9 Å². The topological polar surface area (TPSA) is 40.5 Å². The fourth-order valence-corrected chi connectivity index (χ4v) is 4.26. The molecule has 0 atom stereocenters. The molecular formula is C21H22Cl2N4O. The van der Waals surface area contributed by atoms with Gasteiger partial charge in [-0.25, -0.2) is 0 Å². The zero-order valence-corrected chi connectivity index (χ0v) is 17.4. The van der Waals surface area contributed by atoms with Crippen molar-refractivity contribution in [2.75, 3.05) is 43.4 Å². The summed E-state index contributed by atoms with van der Waals surface area (Å²) >= 11 is 12.8. The minimum Gasteiger partial charge on any atom is -0.367 e. The SMILES string of the molecule is CN1CCN(c2ccc(Cl)cc2NC(=O)c2c(Cl)c3ccccc3n2C)CC1. The van der Waals surface area contributed by atoms with E-state index in [2.05, 4.69) is 22.2 Å². The number of nitrogens with one attached hydrogen (secondary N) is 1. The zero-order valence-electron chi connectivity index (χ0n) is 15.9. The van der Waals surface area contributed by atoms with Crippen molar-refractivity contribution in [1.82, 2.24) is 9.47 Å². The van der Waals surface area contributed by atoms with E-state index in [1.54, 1.807) is 6.07 Å². The maximum atomic E-state index is 13.1. The van der Waals surface area contributed by atoms with Crippen molar-refractivity contribution in [2.45, 2.75) is 0 Å². The van der Waals surface area contributed by atoms with E-state index in [9.17, 15) is 4.79 Å². The number of fused-ring (bicyclic) bond motifs is 1. The fraction of sp³-hybridized carbons (Fsp3) is 0.286. The summed E-state index contributed by atoms with van der Waals surface area (Å²) in [5.74, 6) is -0.249. The Morgan fingerprint density at radius 2 is 1.71 bits per heavy atom. The average Bonchev–Trinajstić information content (AvgIpc) is 2.94. The van der Waals surface area contributed by atoms with Crippen LogP contribution in [0.1, 0.15) is 10.5 Å². The molecule has 0 spiro atoms. The van der Waals surface area contributed by atoms with E-state index in [1.807, 2.05) is 48.0 Å². The summed E-state index contributed by atoms with van der Waals surface area (Å²) in [6.45, 7) is 3.75. The normalized spacial score (nSPS) is 15.2. The number of hydrogen-bond donors (Lipinski definition) is 1. The molecule has 4 rings (SSSR count). The minimum atomic E-state index is -0.249. The summed E-state index contributed by atoms with van der Waals surface area (Å²) in [5, 5.41) is 4.94. The molecule has 146 valence electrons. The Balaban J connectivity index is 1.68. The first-order chi connectivity index (χ1) is 13.5. The molecule has 1 N–H and O–H groups in total. The van der Waals surface area contributed by atoms with E-state index in [0.29, 0.717) is 21.4 Å². The standard InChI is InChI=1S/C21H22Cl2N4O/c1-25-9-11-27(12-10-25)18-8-7-14(22)13-16(18)24-21(28)20-19(23)15-5-3-4-6-17(15)26(20)2/h3-8,13H,9-12H2,1-2H3,(H,24,28). The van der Waals surface area contributed by atoms with Crippen molar-refractivity contribution >= 4 is 51.4 Å². The van der Waals surface area contributed by atoms with Gasteiger partial charge >= 0.3 is 0 Å². The van der Waals surface area contributed by atoms with Crippen LogP contribution in [0, 0.1) is 0 Å². The summed E-state index contributed by atoms with van der Waals surface area (Å²) in [4.78, 5) is 17.7. The lowest BCUT2D eigenvalue weighted by molar-refractivity contribution is 0.102. The first-order valence-corrected chi connectivity index (χ1v) is 9.98. The van der Waals surface area contributed by atoms with Crippen LogP contribution in [-0.4, -0.2) is 48.6 Å². The lowest BCUT2D eigenvalue weighted by Gasteiger charge is -2.35. The molecule has 1 fully saturated rings. The number of nitrogens with zero attached hydrogens (tertiary/aromatic N) is 3. The van der Waals surface area contributed by atoms with E-state index in [1.165, 1.54) is 0 Å². The predicted octanol–water partition coefficient (Wildman–Crippen LogP) is 4.49. The molecule has 2 heterocycles. The predicted molar refractivity (Wildman–Crippen MR) is 117 cm³/mol. The van der Waals surface area contributed by atoms with Gasteiger partial charge in [-0.1, -0.05) is 41.4 Å². The summed E-state index contributed by atoms with van der Waals surface area (Å²) in [6.07, 6.45) is 0. The second-order valence-corrected chi connectivity index (χ2v) is 7.96. The molecule has 2 aromatic carbocycles. The van der Waals surface area contributed by atoms with Gasteiger partial charge in [-0.05, 0) is 31.3 Å². The van der Waals surface area contributed by atoms with E-state index < -0.39 is 0 Å². The summed E-state index contributed by atoms with van der Waals surface area (Å²) in [5.41, 5.74) is 3.03. The van der Waals surface area contributed by atoms with Gasteiger partial charge in [0, 0.05) is 49.2 Å². The molecule has 1 amide bonds. The van der Waals surface area contributed by atoms with Crippen LogP contribution in [-0.2, 0) is 7.05 Å². The van der Waals surface area contributed by atoms with Crippen molar-refractivity contribution in [3.63, 3.8) is 0 Å². The smallest absolute Gasteiger partial charge is 0.273 e. The third kappa shape index (κ3) is 3.46. The molecule has 1 saturated heterocycles. The van der Waals surface area contributed by atoms with Gasteiger partial charge in [0.25, 0.3) is 5.91 Å². The monoisotopic (exact) mass is 416 g/mol. The minimum absolute atomic E-state index is 0.249. The van der Waals surface area contributed by atoms with Crippen LogP contribution in [0.15, 0.2) is 42.5 Å². The maximum Gasteiger partial charge on any atom is 0.273 e. The van der Waals surface area contributed by atoms with Crippen LogP contribution in [0.4, 0.5) is 11.4 Å². The van der Waals surface area contributed by atoms with Gasteiger partial charge in [0.05, 0.1) is 16.4 Å². The number of likely N-dealkylation sites (N-methyl/N-ethyl adjacent to an activating group) is 1. The van der Waals surface area contributed by atoms with Gasteiger partial charge in [-0.2, -0.15) is 0 Å². The number of aryl methyl sites for hydroxylation is 1. The first-order valence-electron chi connectivity index (χ1n) is 9.23. The number of carbonyl (C=O) groups is 1. The zero-order chi connectivity index (χ0) is 19.8. The number of piperazine rings is 1. The van der Waals surface area contributed by atoms with Gasteiger partial charge < -0.3 is 19.7 Å². The summed E-state index contributed by atoms with van der Waals surface area (Å²) < 4.78 is 1.83. The number of halogens is 2. The number of carbonyl (C=O) groups excluding carboxylic acids is 1. The molecule has 0 aliphatic carbocycles. The van der Waals surface area contributed by atoms with Crippen LogP contribution >= 0.6 is 23.2 Å². The highest BCUT2D eigenvalue weighted by atomic mass is 35.5. The number of benzene rings is 2. The van der Waals surface area contributed by atoms with Gasteiger partial charge in [0.15, 0.2) is 0 Å². The highest BCUT2D eigenvalue weighted by Crippen LogP contribution is 2.33. The molecule has 28 heavy (non-hydrogen) atoms. The molecule has 0 saturated carbocycles. The van der Waals surface area contributed by atoms with Crippen LogP contribution in [0.5, 0.6) is 0 Å². The lowest BCUT2D eigenvalue weighted by Crippen LogP contribution is -2.44. The van der Waals surface area contributed by atoms with Crippen molar-refractivity contribution < 1.29 is 4.79 Å². The van der Waals surface area contributed by atoms with Crippen LogP contribution < -0.4 is 10.2 Å². The van der Waals surface area contributed by atoms with Crippen molar-refractivity contribution in [1.29, 1.82) is 0 Å². The fourth-order valence-electron chi connectivity index (χ4n) is 3.71. The largest absolute Gasteiger partial charge is 0.367 e. The molecule has 3 aromatic rings. The second kappa shape index (κ2) is 7.66. The van der Waals surface area contributed by atoms with Gasteiger partial charge in [-0.3, -0.25) is 4.79 Å². The van der Waals surface area contributed by atoms with Gasteiger partial charge in [0.1, 0.15) is 5.69 Å². The quantitative estimate of drug-likeness (QED) is 0.683. The number of amides is 1. The Morgan fingerprint density at radius 1 is 1.00 bits per heavy atom. The molecular weight excluding hydrogens is 395 g/mol. The number of hydrogen-bond acceptors (Lipinski definition) is 3. The van der Waals surface area contributed by atoms with Crippen LogP contribution in [0.2, 0.25) is 10.0 Å². The molecule has 1 aliphatic heterocycles. The van der Waals surface area contributed by atoms with E-state index >= 15 is 0 Å². The van der Waals surface area contributed by atoms with Crippen molar-refractivity contribution in [2.24, 2.45) is 7.05 Å². The Bertz CT molecular complexity index is 999. The molecule has 0 bridgehead atoms. The third-order valence-corrected chi connectivity index (χ3v) is 5.93. The molecule has 5 nitrogen and oxygen atoms in total. The molecule has 0 unspecified atom stereocenters. The Morgan fingerprint density at radius 3 is 2.43 bits per heavy atom. The first kappa shape index (κ1) is 19.1.